The molecule has 66 valence electrons. The van der Waals surface area contributed by atoms with Gasteiger partial charge in [-0.15, -0.1) is 0 Å². The average molecular weight is 186 g/mol. The van der Waals surface area contributed by atoms with E-state index in [-0.39, 0.29) is 11.8 Å². The molecule has 3 heteroatoms. The van der Waals surface area contributed by atoms with Crippen molar-refractivity contribution in [3.63, 3.8) is 0 Å². The lowest BCUT2D eigenvalue weighted by atomic mass is 10.1. The fraction of sp³-hybridized carbons (Fsp3) is 0.333. The van der Waals surface area contributed by atoms with E-state index in [1.165, 1.54) is 0 Å². The maximum atomic E-state index is 9.34. The van der Waals surface area contributed by atoms with Gasteiger partial charge < -0.3 is 10.8 Å². The van der Waals surface area contributed by atoms with E-state index in [0.29, 0.717) is 5.02 Å². The number of aryl methyl sites for hydroxylation is 1. The molecule has 1 aromatic carbocycles. The number of benzene rings is 1. The van der Waals surface area contributed by atoms with Gasteiger partial charge in [0, 0.05) is 6.04 Å². The fourth-order valence-corrected chi connectivity index (χ4v) is 1.30. The van der Waals surface area contributed by atoms with Gasteiger partial charge in [0.25, 0.3) is 0 Å². The number of aromatic hydroxyl groups is 1. The number of nitrogens with two attached hydrogens (primary N) is 1. The van der Waals surface area contributed by atoms with E-state index < -0.39 is 0 Å². The molecule has 0 aromatic heterocycles. The molecule has 0 fully saturated rings. The second kappa shape index (κ2) is 3.33. The van der Waals surface area contributed by atoms with E-state index in [4.69, 9.17) is 17.3 Å². The molecule has 0 saturated heterocycles. The topological polar surface area (TPSA) is 46.2 Å². The van der Waals surface area contributed by atoms with Crippen LogP contribution in [0.15, 0.2) is 12.1 Å². The van der Waals surface area contributed by atoms with Crippen LogP contribution >= 0.6 is 11.6 Å². The first kappa shape index (κ1) is 9.36. The average Bonchev–Trinajstić information content (AvgIpc) is 1.99. The summed E-state index contributed by atoms with van der Waals surface area (Å²) in [6.07, 6.45) is 0. The second-order valence-corrected chi connectivity index (χ2v) is 3.36. The summed E-state index contributed by atoms with van der Waals surface area (Å²) in [6, 6.07) is 3.47. The second-order valence-electron chi connectivity index (χ2n) is 2.96. The Balaban J connectivity index is 3.21. The van der Waals surface area contributed by atoms with Crippen molar-refractivity contribution in [2.24, 2.45) is 5.73 Å². The van der Waals surface area contributed by atoms with Crippen LogP contribution in [-0.4, -0.2) is 5.11 Å². The molecule has 1 rings (SSSR count). The van der Waals surface area contributed by atoms with Gasteiger partial charge in [0.1, 0.15) is 5.75 Å². The molecule has 3 N–H and O–H groups in total. The number of rotatable bonds is 1. The molecule has 1 unspecified atom stereocenters. The molecule has 1 atom stereocenters. The summed E-state index contributed by atoms with van der Waals surface area (Å²) in [6.45, 7) is 3.68. The van der Waals surface area contributed by atoms with E-state index in [1.807, 2.05) is 13.0 Å². The highest BCUT2D eigenvalue weighted by atomic mass is 35.5. The van der Waals surface area contributed by atoms with Gasteiger partial charge >= 0.3 is 0 Å². The highest BCUT2D eigenvalue weighted by Gasteiger charge is 2.06. The maximum absolute atomic E-state index is 9.34. The standard InChI is InChI=1S/C9H12ClNO/c1-5-3-7(6(2)11)4-8(10)9(5)12/h3-4,6,12H,11H2,1-2H3. The number of halogens is 1. The van der Waals surface area contributed by atoms with Gasteiger partial charge in [0.05, 0.1) is 5.02 Å². The Morgan fingerprint density at radius 1 is 1.50 bits per heavy atom. The van der Waals surface area contributed by atoms with Crippen LogP contribution in [0.25, 0.3) is 0 Å². The molecule has 0 saturated carbocycles. The molecule has 0 aliphatic rings. The first-order valence-corrected chi connectivity index (χ1v) is 4.14. The quantitative estimate of drug-likeness (QED) is 0.706. The van der Waals surface area contributed by atoms with Crippen LogP contribution in [0.4, 0.5) is 0 Å². The lowest BCUT2D eigenvalue weighted by molar-refractivity contribution is 0.471. The monoisotopic (exact) mass is 185 g/mol. The first-order valence-electron chi connectivity index (χ1n) is 3.77. The van der Waals surface area contributed by atoms with Gasteiger partial charge in [0.2, 0.25) is 0 Å². The Morgan fingerprint density at radius 3 is 2.50 bits per heavy atom. The number of hydrogen-bond donors (Lipinski definition) is 2. The predicted octanol–water partition coefficient (Wildman–Crippen LogP) is 2.37. The highest BCUT2D eigenvalue weighted by molar-refractivity contribution is 6.32. The summed E-state index contributed by atoms with van der Waals surface area (Å²) in [5, 5.41) is 9.70. The minimum absolute atomic E-state index is 0.0539. The SMILES string of the molecule is Cc1cc(C(C)N)cc(Cl)c1O. The summed E-state index contributed by atoms with van der Waals surface area (Å²) in [5.74, 6) is 0.140. The molecule has 0 aliphatic carbocycles. The predicted molar refractivity (Wildman–Crippen MR) is 50.5 cm³/mol. The third-order valence-electron chi connectivity index (χ3n) is 1.80. The zero-order valence-corrected chi connectivity index (χ0v) is 7.89. The molecule has 12 heavy (non-hydrogen) atoms. The van der Waals surface area contributed by atoms with Crippen LogP contribution in [0.5, 0.6) is 5.75 Å². The van der Waals surface area contributed by atoms with Crippen molar-refractivity contribution in [1.29, 1.82) is 0 Å². The van der Waals surface area contributed by atoms with Gasteiger partial charge in [0.15, 0.2) is 0 Å². The zero-order chi connectivity index (χ0) is 9.30. The minimum Gasteiger partial charge on any atom is -0.506 e. The molecule has 0 radical (unpaired) electrons. The Morgan fingerprint density at radius 2 is 2.08 bits per heavy atom. The van der Waals surface area contributed by atoms with Crippen molar-refractivity contribution in [2.75, 3.05) is 0 Å². The first-order chi connectivity index (χ1) is 5.52. The number of phenols is 1. The molecule has 0 aliphatic heterocycles. The Labute approximate surface area is 77.0 Å². The summed E-state index contributed by atoms with van der Waals surface area (Å²) >= 11 is 5.76. The van der Waals surface area contributed by atoms with E-state index in [0.717, 1.165) is 11.1 Å². The largest absolute Gasteiger partial charge is 0.506 e. The van der Waals surface area contributed by atoms with Gasteiger partial charge in [-0.2, -0.15) is 0 Å². The van der Waals surface area contributed by atoms with Crippen molar-refractivity contribution in [3.8, 4) is 5.75 Å². The van der Waals surface area contributed by atoms with Gasteiger partial charge in [-0.1, -0.05) is 17.7 Å². The van der Waals surface area contributed by atoms with Crippen molar-refractivity contribution >= 4 is 11.6 Å². The van der Waals surface area contributed by atoms with E-state index in [2.05, 4.69) is 0 Å². The summed E-state index contributed by atoms with van der Waals surface area (Å²) in [5.41, 5.74) is 7.36. The third kappa shape index (κ3) is 1.71. The van der Waals surface area contributed by atoms with Crippen LogP contribution < -0.4 is 5.73 Å². The van der Waals surface area contributed by atoms with Crippen molar-refractivity contribution in [1.82, 2.24) is 0 Å². The fourth-order valence-electron chi connectivity index (χ4n) is 1.03. The van der Waals surface area contributed by atoms with Gasteiger partial charge in [-0.05, 0) is 31.0 Å². The Hall–Kier alpha value is -0.730. The Kier molecular flexibility index (Phi) is 2.60. The van der Waals surface area contributed by atoms with Gasteiger partial charge in [-0.3, -0.25) is 0 Å². The van der Waals surface area contributed by atoms with Crippen LogP contribution in [0.1, 0.15) is 24.1 Å². The molecule has 1 aromatic rings. The third-order valence-corrected chi connectivity index (χ3v) is 2.09. The summed E-state index contributed by atoms with van der Waals surface area (Å²) in [4.78, 5) is 0. The van der Waals surface area contributed by atoms with Crippen LogP contribution in [0.2, 0.25) is 5.02 Å². The number of phenolic OH excluding ortho intramolecular Hbond substituents is 1. The van der Waals surface area contributed by atoms with Crippen molar-refractivity contribution in [3.05, 3.63) is 28.3 Å². The molecule has 0 spiro atoms. The molecular formula is C9H12ClNO. The molecule has 0 heterocycles. The van der Waals surface area contributed by atoms with Gasteiger partial charge in [-0.25, -0.2) is 0 Å². The molecule has 0 amide bonds. The maximum Gasteiger partial charge on any atom is 0.137 e. The molecule has 2 nitrogen and oxygen atoms in total. The summed E-state index contributed by atoms with van der Waals surface area (Å²) < 4.78 is 0. The van der Waals surface area contributed by atoms with E-state index in [9.17, 15) is 5.11 Å². The normalized spacial score (nSPS) is 13.0. The van der Waals surface area contributed by atoms with Crippen LogP contribution in [-0.2, 0) is 0 Å². The molecular weight excluding hydrogens is 174 g/mol. The van der Waals surface area contributed by atoms with E-state index in [1.54, 1.807) is 13.0 Å². The number of hydrogen-bond acceptors (Lipinski definition) is 2. The van der Waals surface area contributed by atoms with Crippen LogP contribution in [0.3, 0.4) is 0 Å². The smallest absolute Gasteiger partial charge is 0.137 e. The highest BCUT2D eigenvalue weighted by Crippen LogP contribution is 2.29. The van der Waals surface area contributed by atoms with Crippen LogP contribution in [0, 0.1) is 6.92 Å². The minimum atomic E-state index is -0.0539. The zero-order valence-electron chi connectivity index (χ0n) is 7.13. The lowest BCUT2D eigenvalue weighted by Gasteiger charge is -2.09. The van der Waals surface area contributed by atoms with E-state index >= 15 is 0 Å². The van der Waals surface area contributed by atoms with Crippen molar-refractivity contribution < 1.29 is 5.11 Å². The Bertz CT molecular complexity index is 274. The summed E-state index contributed by atoms with van der Waals surface area (Å²) in [7, 11) is 0. The lowest BCUT2D eigenvalue weighted by Crippen LogP contribution is -2.04. The van der Waals surface area contributed by atoms with Crippen molar-refractivity contribution in [2.45, 2.75) is 19.9 Å². The molecule has 0 bridgehead atoms.